The van der Waals surface area contributed by atoms with Gasteiger partial charge in [0.25, 0.3) is 0 Å². The molecule has 0 aliphatic rings. The lowest BCUT2D eigenvalue weighted by molar-refractivity contribution is 0.321. The zero-order valence-corrected chi connectivity index (χ0v) is 10.5. The molecule has 86 valence electrons. The van der Waals surface area contributed by atoms with Gasteiger partial charge >= 0.3 is 0 Å². The summed E-state index contributed by atoms with van der Waals surface area (Å²) in [5, 5.41) is 0. The second kappa shape index (κ2) is 4.73. The average molecular weight is 210 g/mol. The predicted octanol–water partition coefficient (Wildman–Crippen LogP) is 4.06. The SMILES string of the molecule is CCCCC(C)(C)c1occ(C)c1OC. The van der Waals surface area contributed by atoms with Gasteiger partial charge in [0, 0.05) is 11.0 Å². The van der Waals surface area contributed by atoms with Crippen LogP contribution in [0.5, 0.6) is 5.75 Å². The van der Waals surface area contributed by atoms with E-state index in [9.17, 15) is 0 Å². The molecule has 0 fully saturated rings. The molecule has 1 aromatic rings. The lowest BCUT2D eigenvalue weighted by Gasteiger charge is -2.22. The van der Waals surface area contributed by atoms with Crippen molar-refractivity contribution in [3.63, 3.8) is 0 Å². The molecule has 0 spiro atoms. The van der Waals surface area contributed by atoms with Gasteiger partial charge in [-0.1, -0.05) is 33.6 Å². The number of furan rings is 1. The van der Waals surface area contributed by atoms with Crippen LogP contribution in [0.3, 0.4) is 0 Å². The molecule has 2 heteroatoms. The Morgan fingerprint density at radius 2 is 2.07 bits per heavy atom. The number of methoxy groups -OCH3 is 1. The monoisotopic (exact) mass is 210 g/mol. The third-order valence-electron chi connectivity index (χ3n) is 2.89. The largest absolute Gasteiger partial charge is 0.493 e. The van der Waals surface area contributed by atoms with Crippen LogP contribution in [0, 0.1) is 6.92 Å². The second-order valence-electron chi connectivity index (χ2n) is 4.77. The molecular formula is C13H22O2. The lowest BCUT2D eigenvalue weighted by atomic mass is 9.84. The minimum Gasteiger partial charge on any atom is -0.493 e. The average Bonchev–Trinajstić information content (AvgIpc) is 2.57. The van der Waals surface area contributed by atoms with Gasteiger partial charge in [-0.15, -0.1) is 0 Å². The third kappa shape index (κ3) is 2.55. The Labute approximate surface area is 92.6 Å². The molecule has 0 saturated heterocycles. The number of hydrogen-bond acceptors (Lipinski definition) is 2. The summed E-state index contributed by atoms with van der Waals surface area (Å²) >= 11 is 0. The minimum absolute atomic E-state index is 0.0651. The number of ether oxygens (including phenoxy) is 1. The first-order chi connectivity index (χ1) is 7.03. The fourth-order valence-electron chi connectivity index (χ4n) is 1.89. The Bertz CT molecular complexity index is 310. The first-order valence-electron chi connectivity index (χ1n) is 5.65. The summed E-state index contributed by atoms with van der Waals surface area (Å²) in [6.07, 6.45) is 5.34. The van der Waals surface area contributed by atoms with Crippen LogP contribution in [0.4, 0.5) is 0 Å². The van der Waals surface area contributed by atoms with Crippen molar-refractivity contribution in [1.82, 2.24) is 0 Å². The van der Waals surface area contributed by atoms with Crippen LogP contribution >= 0.6 is 0 Å². The van der Waals surface area contributed by atoms with Gasteiger partial charge in [-0.3, -0.25) is 0 Å². The molecule has 1 heterocycles. The van der Waals surface area contributed by atoms with E-state index in [1.807, 2.05) is 6.92 Å². The van der Waals surface area contributed by atoms with Crippen molar-refractivity contribution in [2.45, 2.75) is 52.4 Å². The van der Waals surface area contributed by atoms with Gasteiger partial charge < -0.3 is 9.15 Å². The molecule has 0 unspecified atom stereocenters. The number of aryl methyl sites for hydroxylation is 1. The molecule has 0 N–H and O–H groups in total. The van der Waals surface area contributed by atoms with Crippen molar-refractivity contribution in [2.24, 2.45) is 0 Å². The summed E-state index contributed by atoms with van der Waals surface area (Å²) < 4.78 is 11.0. The van der Waals surface area contributed by atoms with Gasteiger partial charge in [-0.05, 0) is 13.3 Å². The van der Waals surface area contributed by atoms with Gasteiger partial charge in [0.2, 0.25) is 0 Å². The van der Waals surface area contributed by atoms with Crippen LogP contribution < -0.4 is 4.74 Å². The van der Waals surface area contributed by atoms with Crippen LogP contribution in [0.1, 0.15) is 51.4 Å². The normalized spacial score (nSPS) is 11.8. The predicted molar refractivity (Wildman–Crippen MR) is 62.5 cm³/mol. The summed E-state index contributed by atoms with van der Waals surface area (Å²) in [6, 6.07) is 0. The minimum atomic E-state index is 0.0651. The highest BCUT2D eigenvalue weighted by molar-refractivity contribution is 5.38. The molecular weight excluding hydrogens is 188 g/mol. The molecule has 0 aliphatic heterocycles. The van der Waals surface area contributed by atoms with Crippen molar-refractivity contribution in [1.29, 1.82) is 0 Å². The molecule has 0 saturated carbocycles. The maximum absolute atomic E-state index is 5.62. The van der Waals surface area contributed by atoms with Crippen LogP contribution in [-0.2, 0) is 5.41 Å². The molecule has 0 radical (unpaired) electrons. The van der Waals surface area contributed by atoms with E-state index < -0.39 is 0 Å². The Balaban J connectivity index is 2.93. The van der Waals surface area contributed by atoms with Gasteiger partial charge in [-0.25, -0.2) is 0 Å². The maximum atomic E-state index is 5.62. The van der Waals surface area contributed by atoms with E-state index in [2.05, 4.69) is 20.8 Å². The number of rotatable bonds is 5. The van der Waals surface area contributed by atoms with E-state index in [1.165, 1.54) is 12.8 Å². The summed E-state index contributed by atoms with van der Waals surface area (Å²) in [5.74, 6) is 1.90. The molecule has 0 aromatic carbocycles. The Morgan fingerprint density at radius 3 is 2.60 bits per heavy atom. The summed E-state index contributed by atoms with van der Waals surface area (Å²) in [5.41, 5.74) is 1.15. The van der Waals surface area contributed by atoms with E-state index in [-0.39, 0.29) is 5.41 Å². The highest BCUT2D eigenvalue weighted by Crippen LogP contribution is 2.38. The van der Waals surface area contributed by atoms with Crippen LogP contribution in [-0.4, -0.2) is 7.11 Å². The topological polar surface area (TPSA) is 22.4 Å². The van der Waals surface area contributed by atoms with Crippen molar-refractivity contribution in [3.05, 3.63) is 17.6 Å². The maximum Gasteiger partial charge on any atom is 0.163 e. The van der Waals surface area contributed by atoms with Crippen LogP contribution in [0.25, 0.3) is 0 Å². The smallest absolute Gasteiger partial charge is 0.163 e. The lowest BCUT2D eigenvalue weighted by Crippen LogP contribution is -2.17. The first-order valence-corrected chi connectivity index (χ1v) is 5.65. The van der Waals surface area contributed by atoms with E-state index in [1.54, 1.807) is 13.4 Å². The summed E-state index contributed by atoms with van der Waals surface area (Å²) in [4.78, 5) is 0. The van der Waals surface area contributed by atoms with Gasteiger partial charge in [-0.2, -0.15) is 0 Å². The molecule has 0 amide bonds. The van der Waals surface area contributed by atoms with Crippen LogP contribution in [0.15, 0.2) is 10.7 Å². The highest BCUT2D eigenvalue weighted by Gasteiger charge is 2.28. The quantitative estimate of drug-likeness (QED) is 0.731. The highest BCUT2D eigenvalue weighted by atomic mass is 16.5. The van der Waals surface area contributed by atoms with E-state index in [0.29, 0.717) is 0 Å². The van der Waals surface area contributed by atoms with Crippen molar-refractivity contribution < 1.29 is 9.15 Å². The van der Waals surface area contributed by atoms with Crippen molar-refractivity contribution in [3.8, 4) is 5.75 Å². The van der Waals surface area contributed by atoms with Crippen molar-refractivity contribution >= 4 is 0 Å². The Hall–Kier alpha value is -0.920. The number of unbranched alkanes of at least 4 members (excludes halogenated alkanes) is 1. The Morgan fingerprint density at radius 1 is 1.40 bits per heavy atom. The standard InChI is InChI=1S/C13H22O2/c1-6-7-8-13(3,4)12-11(14-5)10(2)9-15-12/h9H,6-8H2,1-5H3. The molecule has 2 nitrogen and oxygen atoms in total. The zero-order chi connectivity index (χ0) is 11.5. The van der Waals surface area contributed by atoms with Gasteiger partial charge in [0.1, 0.15) is 0 Å². The fraction of sp³-hybridized carbons (Fsp3) is 0.692. The number of hydrogen-bond donors (Lipinski definition) is 0. The molecule has 1 aromatic heterocycles. The van der Waals surface area contributed by atoms with E-state index in [0.717, 1.165) is 23.5 Å². The fourth-order valence-corrected chi connectivity index (χ4v) is 1.89. The van der Waals surface area contributed by atoms with E-state index in [4.69, 9.17) is 9.15 Å². The second-order valence-corrected chi connectivity index (χ2v) is 4.77. The van der Waals surface area contributed by atoms with Gasteiger partial charge in [0.05, 0.1) is 13.4 Å². The third-order valence-corrected chi connectivity index (χ3v) is 2.89. The molecule has 0 bridgehead atoms. The molecule has 0 aliphatic carbocycles. The zero-order valence-electron chi connectivity index (χ0n) is 10.5. The first kappa shape index (κ1) is 12.2. The Kier molecular flexibility index (Phi) is 3.83. The molecule has 1 rings (SSSR count). The molecule has 0 atom stereocenters. The van der Waals surface area contributed by atoms with Crippen molar-refractivity contribution in [2.75, 3.05) is 7.11 Å². The summed E-state index contributed by atoms with van der Waals surface area (Å²) in [7, 11) is 1.71. The van der Waals surface area contributed by atoms with Gasteiger partial charge in [0.15, 0.2) is 11.5 Å². The summed E-state index contributed by atoms with van der Waals surface area (Å²) in [6.45, 7) is 8.65. The van der Waals surface area contributed by atoms with Crippen LogP contribution in [0.2, 0.25) is 0 Å². The molecule has 15 heavy (non-hydrogen) atoms. The van der Waals surface area contributed by atoms with E-state index >= 15 is 0 Å².